The van der Waals surface area contributed by atoms with Gasteiger partial charge in [-0.1, -0.05) is 12.1 Å². The summed E-state index contributed by atoms with van der Waals surface area (Å²) in [5, 5.41) is 6.24. The maximum absolute atomic E-state index is 12.8. The van der Waals surface area contributed by atoms with Gasteiger partial charge < -0.3 is 5.32 Å². The Balaban J connectivity index is 0.00000225. The number of hydrogen-bond acceptors (Lipinski definition) is 4. The summed E-state index contributed by atoms with van der Waals surface area (Å²) in [6.07, 6.45) is -2.17. The second-order valence-corrected chi connectivity index (χ2v) is 7.15. The van der Waals surface area contributed by atoms with E-state index in [-0.39, 0.29) is 24.4 Å². The SMILES string of the molecule is Cc1cc(-c2ccc(C(F)(F)F)cc2)nc([C@@H]2CC[C@@]3(CCNC3=O)N2)n1.Cl. The minimum absolute atomic E-state index is 0. The van der Waals surface area contributed by atoms with Crippen molar-refractivity contribution in [3.05, 3.63) is 47.4 Å². The van der Waals surface area contributed by atoms with Gasteiger partial charge in [-0.3, -0.25) is 10.1 Å². The Morgan fingerprint density at radius 3 is 2.46 bits per heavy atom. The summed E-state index contributed by atoms with van der Waals surface area (Å²) >= 11 is 0. The van der Waals surface area contributed by atoms with E-state index in [0.29, 0.717) is 23.6 Å². The number of nitrogens with zero attached hydrogens (tertiary/aromatic N) is 2. The monoisotopic (exact) mass is 412 g/mol. The molecule has 0 bridgehead atoms. The Bertz CT molecular complexity index is 888. The van der Waals surface area contributed by atoms with E-state index in [1.54, 1.807) is 6.07 Å². The fourth-order valence-corrected chi connectivity index (χ4v) is 3.84. The molecule has 150 valence electrons. The van der Waals surface area contributed by atoms with Crippen LogP contribution < -0.4 is 10.6 Å². The van der Waals surface area contributed by atoms with Crippen molar-refractivity contribution in [2.24, 2.45) is 0 Å². The number of nitrogens with one attached hydrogen (secondary N) is 2. The van der Waals surface area contributed by atoms with Crippen LogP contribution in [0.5, 0.6) is 0 Å². The molecule has 2 aromatic rings. The summed E-state index contributed by atoms with van der Waals surface area (Å²) in [4.78, 5) is 21.2. The number of aryl methyl sites for hydroxylation is 1. The van der Waals surface area contributed by atoms with Crippen LogP contribution in [-0.2, 0) is 11.0 Å². The molecule has 28 heavy (non-hydrogen) atoms. The van der Waals surface area contributed by atoms with Gasteiger partial charge in [0, 0.05) is 17.8 Å². The van der Waals surface area contributed by atoms with Gasteiger partial charge in [0.15, 0.2) is 0 Å². The summed E-state index contributed by atoms with van der Waals surface area (Å²) < 4.78 is 38.3. The standard InChI is InChI=1S/C19H19F3N4O.ClH/c1-11-10-15(12-2-4-13(5-3-12)19(20,21)22)25-16(24-11)14-6-7-18(26-14)8-9-23-17(18)27;/h2-5,10,14,26H,6-9H2,1H3,(H,23,27);1H/t14-,18-;/m0./s1. The molecule has 0 saturated carbocycles. The first-order valence-electron chi connectivity index (χ1n) is 8.86. The van der Waals surface area contributed by atoms with Gasteiger partial charge in [0.25, 0.3) is 0 Å². The van der Waals surface area contributed by atoms with Crippen LogP contribution in [0.3, 0.4) is 0 Å². The number of carbonyl (C=O) groups excluding carboxylic acids is 1. The Morgan fingerprint density at radius 2 is 1.86 bits per heavy atom. The lowest BCUT2D eigenvalue weighted by Gasteiger charge is -2.21. The molecule has 0 unspecified atom stereocenters. The highest BCUT2D eigenvalue weighted by Gasteiger charge is 2.48. The van der Waals surface area contributed by atoms with Crippen molar-refractivity contribution in [3.63, 3.8) is 0 Å². The van der Waals surface area contributed by atoms with Crippen LogP contribution in [0.1, 0.15) is 42.4 Å². The second kappa shape index (κ2) is 7.33. The van der Waals surface area contributed by atoms with Gasteiger partial charge in [0.05, 0.1) is 17.3 Å². The second-order valence-electron chi connectivity index (χ2n) is 7.15. The number of alkyl halides is 3. The number of carbonyl (C=O) groups is 1. The highest BCUT2D eigenvalue weighted by molar-refractivity contribution is 5.88. The minimum Gasteiger partial charge on any atom is -0.354 e. The molecule has 9 heteroatoms. The van der Waals surface area contributed by atoms with Crippen LogP contribution in [0.25, 0.3) is 11.3 Å². The molecule has 5 nitrogen and oxygen atoms in total. The topological polar surface area (TPSA) is 66.9 Å². The molecular weight excluding hydrogens is 393 g/mol. The first-order valence-corrected chi connectivity index (χ1v) is 8.86. The van der Waals surface area contributed by atoms with Gasteiger partial charge in [0.2, 0.25) is 5.91 Å². The lowest BCUT2D eigenvalue weighted by atomic mass is 9.96. The van der Waals surface area contributed by atoms with E-state index >= 15 is 0 Å². The van der Waals surface area contributed by atoms with Crippen molar-refractivity contribution in [3.8, 4) is 11.3 Å². The van der Waals surface area contributed by atoms with Crippen molar-refractivity contribution >= 4 is 18.3 Å². The Kier molecular flexibility index (Phi) is 5.38. The van der Waals surface area contributed by atoms with Crippen LogP contribution in [-0.4, -0.2) is 28.0 Å². The smallest absolute Gasteiger partial charge is 0.354 e. The van der Waals surface area contributed by atoms with Gasteiger partial charge >= 0.3 is 6.18 Å². The molecule has 0 radical (unpaired) electrons. The number of halogens is 4. The fraction of sp³-hybridized carbons (Fsp3) is 0.421. The van der Waals surface area contributed by atoms with Crippen LogP contribution >= 0.6 is 12.4 Å². The predicted octanol–water partition coefficient (Wildman–Crippen LogP) is 3.58. The molecule has 3 heterocycles. The molecule has 2 atom stereocenters. The molecule has 2 N–H and O–H groups in total. The van der Waals surface area contributed by atoms with Crippen molar-refractivity contribution in [1.29, 1.82) is 0 Å². The van der Waals surface area contributed by atoms with Crippen LogP contribution in [0, 0.1) is 6.92 Å². The summed E-state index contributed by atoms with van der Waals surface area (Å²) in [5.41, 5.74) is 0.662. The number of aromatic nitrogens is 2. The molecule has 1 aromatic carbocycles. The number of amides is 1. The van der Waals surface area contributed by atoms with Gasteiger partial charge in [0.1, 0.15) is 11.4 Å². The van der Waals surface area contributed by atoms with Crippen molar-refractivity contribution in [1.82, 2.24) is 20.6 Å². The van der Waals surface area contributed by atoms with Crippen LogP contribution in [0.4, 0.5) is 13.2 Å². The first kappa shape index (κ1) is 20.5. The maximum atomic E-state index is 12.8. The van der Waals surface area contributed by atoms with E-state index in [2.05, 4.69) is 20.6 Å². The van der Waals surface area contributed by atoms with E-state index in [1.807, 2.05) is 6.92 Å². The zero-order valence-electron chi connectivity index (χ0n) is 15.1. The third-order valence-electron chi connectivity index (χ3n) is 5.27. The maximum Gasteiger partial charge on any atom is 0.416 e. The highest BCUT2D eigenvalue weighted by Crippen LogP contribution is 2.36. The highest BCUT2D eigenvalue weighted by atomic mass is 35.5. The molecule has 0 aliphatic carbocycles. The van der Waals surface area contributed by atoms with Gasteiger partial charge in [-0.25, -0.2) is 9.97 Å². The summed E-state index contributed by atoms with van der Waals surface area (Å²) in [7, 11) is 0. The van der Waals surface area contributed by atoms with Gasteiger partial charge in [-0.2, -0.15) is 13.2 Å². The normalized spacial score (nSPS) is 24.3. The molecule has 2 aliphatic rings. The molecule has 2 fully saturated rings. The summed E-state index contributed by atoms with van der Waals surface area (Å²) in [6, 6.07) is 6.54. The third kappa shape index (κ3) is 3.71. The summed E-state index contributed by atoms with van der Waals surface area (Å²) in [5.74, 6) is 0.585. The number of rotatable bonds is 2. The van der Waals surface area contributed by atoms with E-state index in [9.17, 15) is 18.0 Å². The molecule has 2 saturated heterocycles. The van der Waals surface area contributed by atoms with Crippen molar-refractivity contribution in [2.75, 3.05) is 6.54 Å². The quantitative estimate of drug-likeness (QED) is 0.791. The Hall–Kier alpha value is -2.19. The molecular formula is C19H20ClF3N4O. The molecule has 2 aliphatic heterocycles. The van der Waals surface area contributed by atoms with Gasteiger partial charge in [-0.15, -0.1) is 12.4 Å². The first-order chi connectivity index (χ1) is 12.8. The number of hydrogen-bond donors (Lipinski definition) is 2. The molecule has 4 rings (SSSR count). The molecule has 1 amide bonds. The Morgan fingerprint density at radius 1 is 1.14 bits per heavy atom. The van der Waals surface area contributed by atoms with Crippen molar-refractivity contribution in [2.45, 2.75) is 43.9 Å². The predicted molar refractivity (Wildman–Crippen MR) is 99.9 cm³/mol. The fourth-order valence-electron chi connectivity index (χ4n) is 3.84. The van der Waals surface area contributed by atoms with E-state index in [1.165, 1.54) is 12.1 Å². The van der Waals surface area contributed by atoms with Gasteiger partial charge in [-0.05, 0) is 44.4 Å². The zero-order chi connectivity index (χ0) is 19.2. The average Bonchev–Trinajstić information content (AvgIpc) is 3.21. The van der Waals surface area contributed by atoms with Crippen LogP contribution in [0.15, 0.2) is 30.3 Å². The Labute approximate surface area is 166 Å². The van der Waals surface area contributed by atoms with E-state index in [4.69, 9.17) is 0 Å². The lowest BCUT2D eigenvalue weighted by Crippen LogP contribution is -2.47. The lowest BCUT2D eigenvalue weighted by molar-refractivity contribution is -0.137. The average molecular weight is 413 g/mol. The summed E-state index contributed by atoms with van der Waals surface area (Å²) in [6.45, 7) is 2.48. The minimum atomic E-state index is -4.37. The number of benzene rings is 1. The molecule has 1 aromatic heterocycles. The van der Waals surface area contributed by atoms with Crippen LogP contribution in [0.2, 0.25) is 0 Å². The molecule has 1 spiro atoms. The van der Waals surface area contributed by atoms with E-state index in [0.717, 1.165) is 37.1 Å². The largest absolute Gasteiger partial charge is 0.416 e. The van der Waals surface area contributed by atoms with E-state index < -0.39 is 17.3 Å². The van der Waals surface area contributed by atoms with Crippen molar-refractivity contribution < 1.29 is 18.0 Å². The zero-order valence-corrected chi connectivity index (χ0v) is 16.0. The third-order valence-corrected chi connectivity index (χ3v) is 5.27.